The zero-order chi connectivity index (χ0) is 16.9. The largest absolute Gasteiger partial charge is 0.448 e. The van der Waals surface area contributed by atoms with Crippen LogP contribution in [0, 0.1) is 5.92 Å². The van der Waals surface area contributed by atoms with E-state index in [2.05, 4.69) is 29.1 Å². The molecular formula is C16H29N3O4. The number of hydrogen-bond donors (Lipinski definition) is 1. The zero-order valence-electron chi connectivity index (χ0n) is 14.3. The predicted octanol–water partition coefficient (Wildman–Crippen LogP) is 1.92. The molecule has 23 heavy (non-hydrogen) atoms. The van der Waals surface area contributed by atoms with Crippen LogP contribution in [-0.2, 0) is 14.3 Å². The lowest BCUT2D eigenvalue weighted by Gasteiger charge is -2.25. The Morgan fingerprint density at radius 3 is 2.91 bits per heavy atom. The third-order valence-electron chi connectivity index (χ3n) is 3.74. The summed E-state index contributed by atoms with van der Waals surface area (Å²) in [6.45, 7) is 8.11. The summed E-state index contributed by atoms with van der Waals surface area (Å²) in [7, 11) is 0. The number of rotatable bonds is 11. The molecule has 1 atom stereocenters. The smallest absolute Gasteiger partial charge is 0.407 e. The first-order valence-corrected chi connectivity index (χ1v) is 8.45. The fourth-order valence-electron chi connectivity index (χ4n) is 2.59. The van der Waals surface area contributed by atoms with Gasteiger partial charge in [0.2, 0.25) is 6.08 Å². The van der Waals surface area contributed by atoms with E-state index in [9.17, 15) is 9.59 Å². The lowest BCUT2D eigenvalue weighted by atomic mass is 10.2. The van der Waals surface area contributed by atoms with Crippen molar-refractivity contribution < 1.29 is 19.1 Å². The van der Waals surface area contributed by atoms with E-state index in [0.717, 1.165) is 38.8 Å². The summed E-state index contributed by atoms with van der Waals surface area (Å²) in [5.41, 5.74) is 0. The molecule has 0 aromatic rings. The maximum Gasteiger partial charge on any atom is 0.407 e. The minimum absolute atomic E-state index is 0.130. The fraction of sp³-hybridized carbons (Fsp3) is 0.875. The second-order valence-corrected chi connectivity index (χ2v) is 5.99. The molecule has 1 aliphatic rings. The van der Waals surface area contributed by atoms with E-state index >= 15 is 0 Å². The van der Waals surface area contributed by atoms with Gasteiger partial charge in [0.1, 0.15) is 12.8 Å². The highest BCUT2D eigenvalue weighted by molar-refractivity contribution is 5.66. The molecule has 1 N–H and O–H groups in total. The number of nitrogens with one attached hydrogen (secondary N) is 1. The number of carbonyl (C=O) groups is 1. The van der Waals surface area contributed by atoms with Gasteiger partial charge in [-0.3, -0.25) is 4.90 Å². The highest BCUT2D eigenvalue weighted by Gasteiger charge is 2.27. The van der Waals surface area contributed by atoms with Crippen LogP contribution in [0.2, 0.25) is 0 Å². The molecule has 1 amide bonds. The molecule has 0 radical (unpaired) electrons. The first kappa shape index (κ1) is 19.6. The number of isocyanates is 1. The molecule has 132 valence electrons. The molecule has 1 saturated heterocycles. The van der Waals surface area contributed by atoms with Crippen LogP contribution in [0.15, 0.2) is 4.99 Å². The number of aliphatic imine (C=N–C) groups is 1. The SMILES string of the molecule is CC(C)C1OCCN1CCOC(=O)NCCCCCCN=C=O. The Morgan fingerprint density at radius 1 is 1.39 bits per heavy atom. The topological polar surface area (TPSA) is 80.2 Å². The molecule has 7 heteroatoms. The summed E-state index contributed by atoms with van der Waals surface area (Å²) in [4.78, 5) is 27.1. The first-order chi connectivity index (χ1) is 11.1. The van der Waals surface area contributed by atoms with Crippen LogP contribution in [0.3, 0.4) is 0 Å². The Morgan fingerprint density at radius 2 is 2.17 bits per heavy atom. The fourth-order valence-corrected chi connectivity index (χ4v) is 2.59. The van der Waals surface area contributed by atoms with Crippen molar-refractivity contribution in [1.82, 2.24) is 10.2 Å². The van der Waals surface area contributed by atoms with Crippen LogP contribution in [0.25, 0.3) is 0 Å². The number of ether oxygens (including phenoxy) is 2. The standard InChI is InChI=1S/C16H29N3O4/c1-14(2)15-19(9-11-22-15)10-12-23-16(21)18-8-6-4-3-5-7-17-13-20/h14-15H,3-12H2,1-2H3,(H,18,21). The maximum atomic E-state index is 11.6. The van der Waals surface area contributed by atoms with E-state index < -0.39 is 0 Å². The van der Waals surface area contributed by atoms with Crippen LogP contribution in [-0.4, -0.2) is 62.7 Å². The van der Waals surface area contributed by atoms with Crippen molar-refractivity contribution in [1.29, 1.82) is 0 Å². The number of nitrogens with zero attached hydrogens (tertiary/aromatic N) is 2. The van der Waals surface area contributed by atoms with Gasteiger partial charge in [0.15, 0.2) is 0 Å². The van der Waals surface area contributed by atoms with E-state index in [1.165, 1.54) is 6.08 Å². The van der Waals surface area contributed by atoms with Crippen molar-refractivity contribution in [2.75, 3.05) is 39.4 Å². The molecule has 1 rings (SSSR count). The molecule has 0 aliphatic carbocycles. The quantitative estimate of drug-likeness (QED) is 0.356. The molecular weight excluding hydrogens is 298 g/mol. The lowest BCUT2D eigenvalue weighted by Crippen LogP contribution is -2.37. The van der Waals surface area contributed by atoms with Crippen molar-refractivity contribution in [3.63, 3.8) is 0 Å². The molecule has 0 spiro atoms. The first-order valence-electron chi connectivity index (χ1n) is 8.45. The minimum atomic E-state index is -0.364. The van der Waals surface area contributed by atoms with Gasteiger partial charge in [-0.05, 0) is 18.8 Å². The Balaban J connectivity index is 1.97. The number of unbranched alkanes of at least 4 members (excludes halogenated alkanes) is 3. The average molecular weight is 327 g/mol. The Bertz CT molecular complexity index is 384. The highest BCUT2D eigenvalue weighted by Crippen LogP contribution is 2.17. The van der Waals surface area contributed by atoms with Crippen molar-refractivity contribution in [2.45, 2.75) is 45.8 Å². The van der Waals surface area contributed by atoms with Crippen LogP contribution in [0.1, 0.15) is 39.5 Å². The van der Waals surface area contributed by atoms with E-state index in [4.69, 9.17) is 9.47 Å². The van der Waals surface area contributed by atoms with Crippen LogP contribution >= 0.6 is 0 Å². The highest BCUT2D eigenvalue weighted by atomic mass is 16.6. The van der Waals surface area contributed by atoms with Gasteiger partial charge in [-0.2, -0.15) is 0 Å². The Labute approximate surface area is 138 Å². The van der Waals surface area contributed by atoms with Gasteiger partial charge in [-0.25, -0.2) is 14.6 Å². The van der Waals surface area contributed by atoms with Crippen molar-refractivity contribution in [3.05, 3.63) is 0 Å². The molecule has 7 nitrogen and oxygen atoms in total. The van der Waals surface area contributed by atoms with Crippen molar-refractivity contribution >= 4 is 12.2 Å². The summed E-state index contributed by atoms with van der Waals surface area (Å²) in [5, 5.41) is 2.75. The third kappa shape index (κ3) is 8.69. The average Bonchev–Trinajstić information content (AvgIpc) is 2.98. The molecule has 1 heterocycles. The second kappa shape index (κ2) is 12.0. The molecule has 1 unspecified atom stereocenters. The molecule has 0 aromatic heterocycles. The molecule has 1 aliphatic heterocycles. The third-order valence-corrected chi connectivity index (χ3v) is 3.74. The van der Waals surface area contributed by atoms with E-state index in [1.54, 1.807) is 0 Å². The number of hydrogen-bond acceptors (Lipinski definition) is 6. The molecule has 0 saturated carbocycles. The number of alkyl carbamates (subject to hydrolysis) is 1. The van der Waals surface area contributed by atoms with Gasteiger partial charge in [-0.15, -0.1) is 0 Å². The van der Waals surface area contributed by atoms with Crippen molar-refractivity contribution in [3.8, 4) is 0 Å². The van der Waals surface area contributed by atoms with Crippen LogP contribution in [0.5, 0.6) is 0 Å². The van der Waals surface area contributed by atoms with Crippen LogP contribution < -0.4 is 5.32 Å². The minimum Gasteiger partial charge on any atom is -0.448 e. The second-order valence-electron chi connectivity index (χ2n) is 5.99. The van der Waals surface area contributed by atoms with Gasteiger partial charge in [0.25, 0.3) is 0 Å². The van der Waals surface area contributed by atoms with E-state index in [0.29, 0.717) is 32.2 Å². The van der Waals surface area contributed by atoms with E-state index in [-0.39, 0.29) is 12.3 Å². The monoisotopic (exact) mass is 327 g/mol. The summed E-state index contributed by atoms with van der Waals surface area (Å²) < 4.78 is 10.8. The van der Waals surface area contributed by atoms with Crippen LogP contribution in [0.4, 0.5) is 4.79 Å². The van der Waals surface area contributed by atoms with Gasteiger partial charge >= 0.3 is 6.09 Å². The Kier molecular flexibility index (Phi) is 10.3. The summed E-state index contributed by atoms with van der Waals surface area (Å²) >= 11 is 0. The van der Waals surface area contributed by atoms with E-state index in [1.807, 2.05) is 0 Å². The zero-order valence-corrected chi connectivity index (χ0v) is 14.3. The van der Waals surface area contributed by atoms with Crippen molar-refractivity contribution in [2.24, 2.45) is 10.9 Å². The van der Waals surface area contributed by atoms with Gasteiger partial charge in [0, 0.05) is 19.6 Å². The summed E-state index contributed by atoms with van der Waals surface area (Å²) in [6, 6.07) is 0. The Hall–Kier alpha value is -1.43. The van der Waals surface area contributed by atoms with Gasteiger partial charge in [0.05, 0.1) is 13.2 Å². The predicted molar refractivity (Wildman–Crippen MR) is 87.0 cm³/mol. The number of amides is 1. The maximum absolute atomic E-state index is 11.6. The van der Waals surface area contributed by atoms with Gasteiger partial charge in [-0.1, -0.05) is 26.7 Å². The normalized spacial score (nSPS) is 18.0. The molecule has 1 fully saturated rings. The summed E-state index contributed by atoms with van der Waals surface area (Å²) in [6.07, 6.45) is 5.06. The summed E-state index contributed by atoms with van der Waals surface area (Å²) in [5.74, 6) is 0.434. The molecule has 0 bridgehead atoms. The number of carbonyl (C=O) groups excluding carboxylic acids is 2. The van der Waals surface area contributed by atoms with Gasteiger partial charge < -0.3 is 14.8 Å². The molecule has 0 aromatic carbocycles. The lowest BCUT2D eigenvalue weighted by molar-refractivity contribution is -0.00850.